The van der Waals surface area contributed by atoms with E-state index < -0.39 is 12.3 Å². The highest BCUT2D eigenvalue weighted by Crippen LogP contribution is 2.46. The van der Waals surface area contributed by atoms with Crippen LogP contribution in [0.25, 0.3) is 0 Å². The van der Waals surface area contributed by atoms with E-state index in [1.165, 1.54) is 7.11 Å². The first-order valence-electron chi connectivity index (χ1n) is 7.74. The number of cyclic esters (lactones) is 1. The Kier molecular flexibility index (Phi) is 5.62. The molecule has 0 aromatic heterocycles. The third-order valence-electron chi connectivity index (χ3n) is 3.73. The molecule has 24 heavy (non-hydrogen) atoms. The van der Waals surface area contributed by atoms with Crippen molar-refractivity contribution in [1.29, 1.82) is 0 Å². The van der Waals surface area contributed by atoms with Crippen molar-refractivity contribution in [3.63, 3.8) is 0 Å². The van der Waals surface area contributed by atoms with E-state index in [4.69, 9.17) is 18.9 Å². The van der Waals surface area contributed by atoms with Gasteiger partial charge in [0.25, 0.3) is 0 Å². The van der Waals surface area contributed by atoms with Gasteiger partial charge in [-0.2, -0.15) is 0 Å². The van der Waals surface area contributed by atoms with Gasteiger partial charge in [-0.15, -0.1) is 0 Å². The lowest BCUT2D eigenvalue weighted by molar-refractivity contribution is -0.0995. The van der Waals surface area contributed by atoms with Crippen LogP contribution in [0.15, 0.2) is 11.6 Å². The molecule has 0 bridgehead atoms. The molecule has 0 radical (unpaired) electrons. The molecule has 0 N–H and O–H groups in total. The van der Waals surface area contributed by atoms with Gasteiger partial charge >= 0.3 is 5.97 Å². The second kappa shape index (κ2) is 7.49. The molecule has 0 spiro atoms. The first-order valence-corrected chi connectivity index (χ1v) is 7.74. The van der Waals surface area contributed by atoms with Crippen molar-refractivity contribution in [3.05, 3.63) is 33.9 Å². The minimum Gasteiger partial charge on any atom is -0.495 e. The molecule has 0 saturated heterocycles. The Morgan fingerprint density at radius 2 is 2.00 bits per heavy atom. The Labute approximate surface area is 141 Å². The summed E-state index contributed by atoms with van der Waals surface area (Å²) in [6.07, 6.45) is 1.63. The number of carbonyl (C=O) groups is 2. The lowest BCUT2D eigenvalue weighted by Crippen LogP contribution is -2.10. The van der Waals surface area contributed by atoms with Crippen molar-refractivity contribution >= 4 is 12.3 Å². The number of fused-ring (bicyclic) bond motifs is 1. The lowest BCUT2D eigenvalue weighted by atomic mass is 9.96. The van der Waals surface area contributed by atoms with Crippen LogP contribution in [0, 0.1) is 6.92 Å². The number of ether oxygens (including phenoxy) is 4. The van der Waals surface area contributed by atoms with Crippen molar-refractivity contribution in [2.45, 2.75) is 34.0 Å². The fourth-order valence-electron chi connectivity index (χ4n) is 2.65. The molecule has 0 fully saturated rings. The van der Waals surface area contributed by atoms with E-state index in [-0.39, 0.29) is 11.1 Å². The van der Waals surface area contributed by atoms with Gasteiger partial charge in [0.15, 0.2) is 6.29 Å². The number of benzene rings is 1. The maximum atomic E-state index is 12.2. The van der Waals surface area contributed by atoms with E-state index in [1.807, 2.05) is 19.9 Å². The van der Waals surface area contributed by atoms with E-state index in [1.54, 1.807) is 13.8 Å². The van der Waals surface area contributed by atoms with E-state index in [0.717, 1.165) is 5.57 Å². The number of aldehydes is 1. The normalized spacial score (nSPS) is 15.5. The Morgan fingerprint density at radius 3 is 2.54 bits per heavy atom. The molecule has 1 aromatic carbocycles. The van der Waals surface area contributed by atoms with Crippen molar-refractivity contribution < 1.29 is 28.5 Å². The molecule has 0 amide bonds. The molecule has 0 saturated carbocycles. The number of hydrogen-bond acceptors (Lipinski definition) is 6. The molecule has 6 nitrogen and oxygen atoms in total. The highest BCUT2D eigenvalue weighted by Gasteiger charge is 2.40. The van der Waals surface area contributed by atoms with Gasteiger partial charge in [-0.25, -0.2) is 4.79 Å². The van der Waals surface area contributed by atoms with Crippen LogP contribution >= 0.6 is 0 Å². The zero-order valence-electron chi connectivity index (χ0n) is 14.6. The predicted octanol–water partition coefficient (Wildman–Crippen LogP) is 3.37. The summed E-state index contributed by atoms with van der Waals surface area (Å²) >= 11 is 0. The van der Waals surface area contributed by atoms with Gasteiger partial charge in [-0.05, 0) is 33.8 Å². The lowest BCUT2D eigenvalue weighted by Gasteiger charge is -2.18. The Balaban J connectivity index is 2.64. The van der Waals surface area contributed by atoms with Crippen molar-refractivity contribution in [2.75, 3.05) is 20.3 Å². The average molecular weight is 334 g/mol. The summed E-state index contributed by atoms with van der Waals surface area (Å²) in [6.45, 7) is 8.07. The minimum atomic E-state index is -0.932. The van der Waals surface area contributed by atoms with Gasteiger partial charge < -0.3 is 18.9 Å². The van der Waals surface area contributed by atoms with Crippen LogP contribution in [-0.2, 0) is 9.47 Å². The SMILES string of the molecule is CCO[C@H]1OC(=O)c2c(OC)c(C)c(OCC=C(C)C)c(C=O)c21. The molecule has 1 aliphatic rings. The van der Waals surface area contributed by atoms with Crippen LogP contribution in [-0.4, -0.2) is 32.6 Å². The maximum Gasteiger partial charge on any atom is 0.345 e. The largest absolute Gasteiger partial charge is 0.495 e. The summed E-state index contributed by atoms with van der Waals surface area (Å²) in [5.41, 5.74) is 2.53. The average Bonchev–Trinajstić information content (AvgIpc) is 2.84. The molecule has 1 heterocycles. The van der Waals surface area contributed by atoms with E-state index >= 15 is 0 Å². The highest BCUT2D eigenvalue weighted by atomic mass is 16.7. The second-order valence-electron chi connectivity index (χ2n) is 5.59. The van der Waals surface area contributed by atoms with Crippen LogP contribution < -0.4 is 9.47 Å². The van der Waals surface area contributed by atoms with Gasteiger partial charge in [0, 0.05) is 12.2 Å². The van der Waals surface area contributed by atoms with Gasteiger partial charge in [-0.3, -0.25) is 4.79 Å². The molecule has 130 valence electrons. The van der Waals surface area contributed by atoms with Crippen LogP contribution in [0.2, 0.25) is 0 Å². The molecule has 0 unspecified atom stereocenters. The maximum absolute atomic E-state index is 12.2. The zero-order chi connectivity index (χ0) is 17.9. The molecule has 2 rings (SSSR count). The fourth-order valence-corrected chi connectivity index (χ4v) is 2.65. The van der Waals surface area contributed by atoms with Gasteiger partial charge in [0.2, 0.25) is 6.29 Å². The quantitative estimate of drug-likeness (QED) is 0.432. The van der Waals surface area contributed by atoms with E-state index in [9.17, 15) is 9.59 Å². The van der Waals surface area contributed by atoms with Gasteiger partial charge in [-0.1, -0.05) is 5.57 Å². The van der Waals surface area contributed by atoms with E-state index in [2.05, 4.69) is 0 Å². The topological polar surface area (TPSA) is 71.1 Å². The van der Waals surface area contributed by atoms with Crippen LogP contribution in [0.4, 0.5) is 0 Å². The first kappa shape index (κ1) is 18.0. The first-order chi connectivity index (χ1) is 11.5. The second-order valence-corrected chi connectivity index (χ2v) is 5.59. The summed E-state index contributed by atoms with van der Waals surface area (Å²) in [5.74, 6) is 0.151. The predicted molar refractivity (Wildman–Crippen MR) is 87.8 cm³/mol. The summed E-state index contributed by atoms with van der Waals surface area (Å²) in [5, 5.41) is 0. The Bertz CT molecular complexity index is 685. The van der Waals surface area contributed by atoms with Crippen LogP contribution in [0.3, 0.4) is 0 Å². The highest BCUT2D eigenvalue weighted by molar-refractivity contribution is 6.02. The molecular formula is C18H22O6. The number of esters is 1. The number of carbonyl (C=O) groups excluding carboxylic acids is 2. The third-order valence-corrected chi connectivity index (χ3v) is 3.73. The van der Waals surface area contributed by atoms with Crippen molar-refractivity contribution in [3.8, 4) is 11.5 Å². The van der Waals surface area contributed by atoms with E-state index in [0.29, 0.717) is 42.1 Å². The number of methoxy groups -OCH3 is 1. The van der Waals surface area contributed by atoms with Crippen molar-refractivity contribution in [1.82, 2.24) is 0 Å². The van der Waals surface area contributed by atoms with Gasteiger partial charge in [0.05, 0.1) is 18.2 Å². The third kappa shape index (κ3) is 3.14. The van der Waals surface area contributed by atoms with Crippen LogP contribution in [0.1, 0.15) is 58.9 Å². The summed E-state index contributed by atoms with van der Waals surface area (Å²) < 4.78 is 21.9. The van der Waals surface area contributed by atoms with Gasteiger partial charge in [0.1, 0.15) is 23.7 Å². The van der Waals surface area contributed by atoms with Crippen LogP contribution in [0.5, 0.6) is 11.5 Å². The fraction of sp³-hybridized carbons (Fsp3) is 0.444. The standard InChI is InChI=1S/C18H22O6/c1-6-22-18-13-12(9-19)15(23-8-7-10(2)3)11(4)16(21-5)14(13)17(20)24-18/h7,9,18H,6,8H2,1-5H3/t18-/m0/s1. The molecule has 1 aliphatic heterocycles. The smallest absolute Gasteiger partial charge is 0.345 e. The molecule has 1 atom stereocenters. The summed E-state index contributed by atoms with van der Waals surface area (Å²) in [7, 11) is 1.46. The number of allylic oxidation sites excluding steroid dienone is 1. The summed E-state index contributed by atoms with van der Waals surface area (Å²) in [4.78, 5) is 24.0. The monoisotopic (exact) mass is 334 g/mol. The molecule has 6 heteroatoms. The summed E-state index contributed by atoms with van der Waals surface area (Å²) in [6, 6.07) is 0. The Morgan fingerprint density at radius 1 is 1.29 bits per heavy atom. The molecule has 1 aromatic rings. The molecule has 0 aliphatic carbocycles. The number of rotatable bonds is 7. The molecular weight excluding hydrogens is 312 g/mol. The zero-order valence-corrected chi connectivity index (χ0v) is 14.6. The van der Waals surface area contributed by atoms with Crippen molar-refractivity contribution in [2.24, 2.45) is 0 Å². The minimum absolute atomic E-state index is 0.227. The number of hydrogen-bond donors (Lipinski definition) is 0. The Hall–Kier alpha value is -2.34.